The molecule has 0 atom stereocenters. The highest BCUT2D eigenvalue weighted by Crippen LogP contribution is 2.58. The van der Waals surface area contributed by atoms with Crippen molar-refractivity contribution in [3.8, 4) is 0 Å². The van der Waals surface area contributed by atoms with E-state index in [1.54, 1.807) is 6.07 Å². The van der Waals surface area contributed by atoms with Gasteiger partial charge in [0.2, 0.25) is 0 Å². The number of nitro groups is 1. The molecule has 0 fully saturated rings. The molecule has 0 aromatic heterocycles. The Morgan fingerprint density at radius 2 is 1.13 bits per heavy atom. The van der Waals surface area contributed by atoms with E-state index in [0.717, 1.165) is 5.56 Å². The third kappa shape index (κ3) is 4.72. The average molecular weight is 513 g/mol. The lowest BCUT2D eigenvalue weighted by molar-refractivity contribution is -0.384. The maximum Gasteiger partial charge on any atom is 0.270 e. The number of non-ortho nitro benzene ring substituents is 1. The van der Waals surface area contributed by atoms with Crippen molar-refractivity contribution in [1.29, 1.82) is 0 Å². The highest BCUT2D eigenvalue weighted by atomic mass is 79.9. The van der Waals surface area contributed by atoms with Gasteiger partial charge in [-0.15, -0.1) is 0 Å². The van der Waals surface area contributed by atoms with Gasteiger partial charge in [0.05, 0.1) is 16.1 Å². The summed E-state index contributed by atoms with van der Waals surface area (Å²) in [6.07, 6.45) is 0.682. The van der Waals surface area contributed by atoms with Crippen molar-refractivity contribution in [2.75, 3.05) is 0 Å². The van der Waals surface area contributed by atoms with Gasteiger partial charge in [-0.1, -0.05) is 66.2 Å². The van der Waals surface area contributed by atoms with E-state index in [1.165, 1.54) is 28.0 Å². The van der Waals surface area contributed by atoms with E-state index in [2.05, 4.69) is 72.8 Å². The summed E-state index contributed by atoms with van der Waals surface area (Å²) in [5, 5.41) is 15.3. The fraction of sp³-hybridized carbons (Fsp3) is 0.0400. The lowest BCUT2D eigenvalue weighted by Gasteiger charge is -2.28. The molecule has 4 aromatic carbocycles. The Morgan fingerprint density at radius 3 is 1.48 bits per heavy atom. The van der Waals surface area contributed by atoms with Crippen molar-refractivity contribution in [3.63, 3.8) is 0 Å². The van der Waals surface area contributed by atoms with Crippen molar-refractivity contribution in [3.05, 3.63) is 130 Å². The number of nitro benzene ring substituents is 1. The summed E-state index contributed by atoms with van der Waals surface area (Å²) in [4.78, 5) is 10.8. The first-order valence-corrected chi connectivity index (χ1v) is 11.9. The molecule has 6 heteroatoms. The van der Waals surface area contributed by atoms with E-state index in [-0.39, 0.29) is 22.7 Å². The molecular weight excluding hydrogens is 493 g/mol. The van der Waals surface area contributed by atoms with Gasteiger partial charge in [0, 0.05) is 17.7 Å². The van der Waals surface area contributed by atoms with Crippen LogP contribution in [0.4, 0.5) is 5.69 Å². The number of rotatable bonds is 6. The smallest absolute Gasteiger partial charge is 0.270 e. The van der Waals surface area contributed by atoms with Crippen molar-refractivity contribution in [2.24, 2.45) is 0 Å². The van der Waals surface area contributed by atoms with E-state index in [4.69, 9.17) is 11.6 Å². The van der Waals surface area contributed by atoms with Gasteiger partial charge >= 0.3 is 0 Å². The van der Waals surface area contributed by atoms with Crippen LogP contribution in [0.25, 0.3) is 0 Å². The van der Waals surface area contributed by atoms with E-state index in [9.17, 15) is 10.1 Å². The standard InChI is InChI=1S/C25H20ClNO2P.BrH/c26-25-18-21(27(28)29)17-16-20(25)19-30(22-10-4-1-5-11-22,23-12-6-2-7-13-23)24-14-8-3-9-15-24;/h1-18H,19H2;1H/q+1;/p-1. The first-order chi connectivity index (χ1) is 14.6. The normalized spacial score (nSPS) is 10.9. The molecule has 4 rings (SSSR count). The van der Waals surface area contributed by atoms with Crippen LogP contribution in [0.15, 0.2) is 109 Å². The average Bonchev–Trinajstić information content (AvgIpc) is 2.80. The van der Waals surface area contributed by atoms with Crippen LogP contribution in [0.3, 0.4) is 0 Å². The maximum atomic E-state index is 11.2. The van der Waals surface area contributed by atoms with Crippen molar-refractivity contribution in [2.45, 2.75) is 6.16 Å². The molecular formula is C25H20BrClNO2P. The third-order valence-corrected chi connectivity index (χ3v) is 9.95. The largest absolute Gasteiger partial charge is 1.00 e. The molecule has 31 heavy (non-hydrogen) atoms. The Hall–Kier alpha value is -2.52. The zero-order valence-corrected chi connectivity index (χ0v) is 19.8. The fourth-order valence-corrected chi connectivity index (χ4v) is 8.41. The van der Waals surface area contributed by atoms with Crippen LogP contribution < -0.4 is 32.9 Å². The summed E-state index contributed by atoms with van der Waals surface area (Å²) >= 11 is 6.56. The predicted octanol–water partition coefficient (Wildman–Crippen LogP) is 2.75. The molecule has 0 saturated heterocycles. The summed E-state index contributed by atoms with van der Waals surface area (Å²) in [6, 6.07) is 36.3. The zero-order valence-electron chi connectivity index (χ0n) is 16.6. The van der Waals surface area contributed by atoms with Crippen LogP contribution in [-0.2, 0) is 6.16 Å². The second kappa shape index (κ2) is 10.2. The Morgan fingerprint density at radius 1 is 0.710 bits per heavy atom. The summed E-state index contributed by atoms with van der Waals surface area (Å²) in [6.45, 7) is 0. The summed E-state index contributed by atoms with van der Waals surface area (Å²) in [7, 11) is -2.10. The molecule has 0 aliphatic rings. The molecule has 0 radical (unpaired) electrons. The van der Waals surface area contributed by atoms with Gasteiger partial charge in [-0.3, -0.25) is 10.1 Å². The SMILES string of the molecule is O=[N+]([O-])c1ccc(C[P+](c2ccccc2)(c2ccccc2)c2ccccc2)c(Cl)c1.[Br-]. The highest BCUT2D eigenvalue weighted by Gasteiger charge is 2.45. The number of halogens is 2. The third-order valence-electron chi connectivity index (χ3n) is 5.25. The van der Waals surface area contributed by atoms with Gasteiger partial charge in [-0.25, -0.2) is 0 Å². The van der Waals surface area contributed by atoms with Crippen molar-refractivity contribution < 1.29 is 21.9 Å². The highest BCUT2D eigenvalue weighted by molar-refractivity contribution is 7.95. The molecule has 0 amide bonds. The van der Waals surface area contributed by atoms with Crippen LogP contribution >= 0.6 is 18.9 Å². The minimum Gasteiger partial charge on any atom is -1.00 e. The van der Waals surface area contributed by atoms with E-state index in [0.29, 0.717) is 11.2 Å². The van der Waals surface area contributed by atoms with Gasteiger partial charge in [0.25, 0.3) is 5.69 Å². The molecule has 0 bridgehead atoms. The first kappa shape index (κ1) is 23.1. The molecule has 0 saturated carbocycles. The van der Waals surface area contributed by atoms with E-state index >= 15 is 0 Å². The monoisotopic (exact) mass is 511 g/mol. The first-order valence-electron chi connectivity index (χ1n) is 9.59. The van der Waals surface area contributed by atoms with Crippen LogP contribution in [-0.4, -0.2) is 4.92 Å². The topological polar surface area (TPSA) is 43.1 Å². The molecule has 156 valence electrons. The van der Waals surface area contributed by atoms with Gasteiger partial charge in [0.1, 0.15) is 23.2 Å². The van der Waals surface area contributed by atoms with Gasteiger partial charge in [0.15, 0.2) is 0 Å². The van der Waals surface area contributed by atoms with Gasteiger partial charge in [-0.05, 0) is 42.5 Å². The number of benzene rings is 4. The fourth-order valence-electron chi connectivity index (χ4n) is 3.80. The number of hydrogen-bond donors (Lipinski definition) is 0. The Labute approximate surface area is 198 Å². The summed E-state index contributed by atoms with van der Waals surface area (Å²) < 4.78 is 0. The zero-order chi connectivity index (χ0) is 21.0. The van der Waals surface area contributed by atoms with E-state index in [1.807, 2.05) is 18.2 Å². The second-order valence-electron chi connectivity index (χ2n) is 7.01. The van der Waals surface area contributed by atoms with Crippen LogP contribution in [0, 0.1) is 10.1 Å². The van der Waals surface area contributed by atoms with Crippen molar-refractivity contribution in [1.82, 2.24) is 0 Å². The lowest BCUT2D eigenvalue weighted by atomic mass is 10.2. The number of hydrogen-bond acceptors (Lipinski definition) is 2. The Bertz CT molecular complexity index is 1060. The minimum atomic E-state index is -2.10. The summed E-state index contributed by atoms with van der Waals surface area (Å²) in [5.41, 5.74) is 0.916. The number of nitrogens with zero attached hydrogens (tertiary/aromatic N) is 1. The van der Waals surface area contributed by atoms with Crippen LogP contribution in [0.1, 0.15) is 5.56 Å². The maximum absolute atomic E-state index is 11.2. The Kier molecular flexibility index (Phi) is 7.61. The predicted molar refractivity (Wildman–Crippen MR) is 127 cm³/mol. The molecule has 0 aliphatic carbocycles. The van der Waals surface area contributed by atoms with Gasteiger partial charge < -0.3 is 17.0 Å². The molecule has 4 aromatic rings. The Balaban J connectivity index is 0.00000272. The molecule has 0 unspecified atom stereocenters. The van der Waals surface area contributed by atoms with Gasteiger partial charge in [-0.2, -0.15) is 0 Å². The second-order valence-corrected chi connectivity index (χ2v) is 10.9. The molecule has 0 N–H and O–H groups in total. The van der Waals surface area contributed by atoms with E-state index < -0.39 is 12.2 Å². The van der Waals surface area contributed by atoms with Crippen LogP contribution in [0.5, 0.6) is 0 Å². The molecule has 0 spiro atoms. The quantitative estimate of drug-likeness (QED) is 0.227. The lowest BCUT2D eigenvalue weighted by Crippen LogP contribution is -3.00. The molecule has 0 heterocycles. The van der Waals surface area contributed by atoms with Crippen molar-refractivity contribution >= 4 is 40.5 Å². The molecule has 3 nitrogen and oxygen atoms in total. The summed E-state index contributed by atoms with van der Waals surface area (Å²) in [5.74, 6) is 0. The van der Waals surface area contributed by atoms with Crippen LogP contribution in [0.2, 0.25) is 5.02 Å². The molecule has 0 aliphatic heterocycles. The minimum absolute atomic E-state index is 0.